The van der Waals surface area contributed by atoms with Gasteiger partial charge < -0.3 is 0 Å². The van der Waals surface area contributed by atoms with Crippen LogP contribution in [0.15, 0.2) is 0 Å². The van der Waals surface area contributed by atoms with Gasteiger partial charge in [-0.25, -0.2) is 16.8 Å². The highest BCUT2D eigenvalue weighted by Gasteiger charge is 2.85. The molecule has 0 aliphatic heterocycles. The van der Waals surface area contributed by atoms with Gasteiger partial charge in [0.1, 0.15) is 5.88 Å². The van der Waals surface area contributed by atoms with Crippen LogP contribution in [0.1, 0.15) is 32.1 Å². The lowest BCUT2D eigenvalue weighted by Crippen LogP contribution is -2.65. The Kier molecular flexibility index (Phi) is 7.02. The Labute approximate surface area is 153 Å². The normalized spacial score (nSPS) is 19.0. The van der Waals surface area contributed by atoms with Crippen molar-refractivity contribution in [3.63, 3.8) is 0 Å². The van der Waals surface area contributed by atoms with Crippen molar-refractivity contribution in [1.29, 1.82) is 0 Å². The van der Waals surface area contributed by atoms with Crippen LogP contribution in [0, 0.1) is 0 Å². The van der Waals surface area contributed by atoms with Crippen molar-refractivity contribution < 1.29 is 56.3 Å². The fourth-order valence-electron chi connectivity index (χ4n) is 2.31. The van der Waals surface area contributed by atoms with Gasteiger partial charge in [0.25, 0.3) is 10.0 Å². The molecule has 1 fully saturated rings. The fraction of sp³-hybridized carbons (Fsp3) is 1.00. The Hall–Kier alpha value is -0.810. The zero-order valence-electron chi connectivity index (χ0n) is 13.7. The standard InChI is InChI=1S/C11H15F9N2O4S2/c12-8(13,10(16,17)18)9(14,15)11(19,20)28(25,26)22-27(23,24)6-21-7-4-2-1-3-5-7/h7,21-22H,1-6H2. The molecule has 0 saturated heterocycles. The monoisotopic (exact) mass is 474 g/mol. The summed E-state index contributed by atoms with van der Waals surface area (Å²) in [6, 6.07) is -0.468. The average molecular weight is 474 g/mol. The van der Waals surface area contributed by atoms with Crippen molar-refractivity contribution in [2.45, 2.75) is 61.4 Å². The zero-order valence-corrected chi connectivity index (χ0v) is 15.3. The molecular weight excluding hydrogens is 459 g/mol. The summed E-state index contributed by atoms with van der Waals surface area (Å²) in [6.45, 7) is 0. The number of alkyl halides is 9. The van der Waals surface area contributed by atoms with Crippen LogP contribution in [0.25, 0.3) is 0 Å². The van der Waals surface area contributed by atoms with E-state index in [1.54, 1.807) is 0 Å². The quantitative estimate of drug-likeness (QED) is 0.528. The second-order valence-electron chi connectivity index (χ2n) is 6.05. The van der Waals surface area contributed by atoms with Gasteiger partial charge in [0.2, 0.25) is 10.0 Å². The van der Waals surface area contributed by atoms with Gasteiger partial charge in [-0.2, -0.15) is 39.5 Å². The van der Waals surface area contributed by atoms with Crippen LogP contribution < -0.4 is 9.44 Å². The van der Waals surface area contributed by atoms with Gasteiger partial charge in [0.15, 0.2) is 0 Å². The van der Waals surface area contributed by atoms with Crippen molar-refractivity contribution in [3.8, 4) is 0 Å². The lowest BCUT2D eigenvalue weighted by molar-refractivity contribution is -0.382. The largest absolute Gasteiger partial charge is 0.460 e. The van der Waals surface area contributed by atoms with Gasteiger partial charge in [-0.15, -0.1) is 4.13 Å². The molecule has 17 heteroatoms. The summed E-state index contributed by atoms with van der Waals surface area (Å²) in [5, 5.41) is -4.86. The van der Waals surface area contributed by atoms with Crippen molar-refractivity contribution >= 4 is 20.0 Å². The lowest BCUT2D eigenvalue weighted by atomic mass is 9.96. The van der Waals surface area contributed by atoms with E-state index in [-0.39, 0.29) is 4.13 Å². The highest BCUT2D eigenvalue weighted by Crippen LogP contribution is 2.54. The van der Waals surface area contributed by atoms with Crippen molar-refractivity contribution in [1.82, 2.24) is 9.44 Å². The topological polar surface area (TPSA) is 92.3 Å². The maximum atomic E-state index is 13.5. The summed E-state index contributed by atoms with van der Waals surface area (Å²) >= 11 is 0. The molecule has 0 heterocycles. The van der Waals surface area contributed by atoms with Crippen molar-refractivity contribution in [2.75, 3.05) is 5.88 Å². The maximum Gasteiger partial charge on any atom is 0.460 e. The molecule has 0 atom stereocenters. The van der Waals surface area contributed by atoms with Crippen LogP contribution >= 0.6 is 0 Å². The van der Waals surface area contributed by atoms with E-state index in [0.29, 0.717) is 25.7 Å². The second kappa shape index (κ2) is 7.79. The smallest absolute Gasteiger partial charge is 0.300 e. The Morgan fingerprint density at radius 2 is 1.21 bits per heavy atom. The summed E-state index contributed by atoms with van der Waals surface area (Å²) in [7, 11) is -12.6. The van der Waals surface area contributed by atoms with Crippen LogP contribution in [-0.2, 0) is 20.0 Å². The van der Waals surface area contributed by atoms with E-state index in [2.05, 4.69) is 5.32 Å². The van der Waals surface area contributed by atoms with E-state index >= 15 is 0 Å². The van der Waals surface area contributed by atoms with Crippen LogP contribution in [0.4, 0.5) is 39.5 Å². The summed E-state index contributed by atoms with van der Waals surface area (Å²) in [4.78, 5) is 0. The molecule has 6 nitrogen and oxygen atoms in total. The number of hydrogen-bond donors (Lipinski definition) is 2. The number of sulfonamides is 2. The molecule has 2 N–H and O–H groups in total. The first kappa shape index (κ1) is 25.2. The van der Waals surface area contributed by atoms with Gasteiger partial charge in [0.05, 0.1) is 0 Å². The van der Waals surface area contributed by atoms with Crippen LogP contribution in [0.3, 0.4) is 0 Å². The highest BCUT2D eigenvalue weighted by atomic mass is 32.3. The third-order valence-electron chi connectivity index (χ3n) is 3.86. The fourth-order valence-corrected chi connectivity index (χ4v) is 5.23. The van der Waals surface area contributed by atoms with E-state index in [4.69, 9.17) is 0 Å². The Balaban J connectivity index is 3.05. The number of nitrogens with one attached hydrogen (secondary N) is 2. The molecule has 1 aliphatic carbocycles. The SMILES string of the molecule is O=S(=O)(CNC1CCCCC1)NS(=O)(=O)C(F)(F)C(F)(F)C(F)(F)C(F)(F)F. The first-order valence-corrected chi connectivity index (χ1v) is 10.6. The van der Waals surface area contributed by atoms with E-state index < -0.39 is 55.2 Å². The van der Waals surface area contributed by atoms with Gasteiger partial charge in [0, 0.05) is 6.04 Å². The first-order valence-electron chi connectivity index (χ1n) is 7.48. The molecule has 0 amide bonds. The molecule has 1 aliphatic rings. The van der Waals surface area contributed by atoms with Gasteiger partial charge in [-0.3, -0.25) is 5.32 Å². The Morgan fingerprint density at radius 1 is 0.750 bits per heavy atom. The average Bonchev–Trinajstić information content (AvgIpc) is 2.51. The predicted octanol–water partition coefficient (Wildman–Crippen LogP) is 2.54. The van der Waals surface area contributed by atoms with E-state index in [1.807, 2.05) is 0 Å². The first-order chi connectivity index (χ1) is 12.3. The molecule has 28 heavy (non-hydrogen) atoms. The number of hydrogen-bond acceptors (Lipinski definition) is 5. The molecule has 0 aromatic rings. The summed E-state index contributed by atoms with van der Waals surface area (Å²) in [6.07, 6.45) is -4.20. The molecule has 0 bridgehead atoms. The molecule has 168 valence electrons. The molecule has 0 aromatic heterocycles. The van der Waals surface area contributed by atoms with E-state index in [0.717, 1.165) is 6.42 Å². The molecule has 1 saturated carbocycles. The molecule has 1 rings (SSSR count). The van der Waals surface area contributed by atoms with Crippen molar-refractivity contribution in [2.24, 2.45) is 0 Å². The van der Waals surface area contributed by atoms with E-state index in [1.165, 1.54) is 0 Å². The summed E-state index contributed by atoms with van der Waals surface area (Å²) in [5.74, 6) is -16.3. The maximum absolute atomic E-state index is 13.5. The minimum absolute atomic E-state index is 0.0934. The summed E-state index contributed by atoms with van der Waals surface area (Å²) < 4.78 is 161. The van der Waals surface area contributed by atoms with Crippen LogP contribution in [0.2, 0.25) is 0 Å². The molecular formula is C11H15F9N2O4S2. The van der Waals surface area contributed by atoms with Crippen LogP contribution in [-0.4, -0.2) is 52.0 Å². The third kappa shape index (κ3) is 4.84. The van der Waals surface area contributed by atoms with Crippen LogP contribution in [0.5, 0.6) is 0 Å². The highest BCUT2D eigenvalue weighted by molar-refractivity contribution is 8.05. The van der Waals surface area contributed by atoms with Crippen molar-refractivity contribution in [3.05, 3.63) is 0 Å². The number of halogens is 9. The van der Waals surface area contributed by atoms with Gasteiger partial charge >= 0.3 is 23.3 Å². The molecule has 0 spiro atoms. The Morgan fingerprint density at radius 3 is 1.64 bits per heavy atom. The minimum Gasteiger partial charge on any atom is -0.300 e. The molecule has 0 unspecified atom stereocenters. The molecule has 0 radical (unpaired) electrons. The zero-order chi connectivity index (χ0) is 22.2. The van der Waals surface area contributed by atoms with E-state index in [9.17, 15) is 56.3 Å². The van der Waals surface area contributed by atoms with Gasteiger partial charge in [-0.1, -0.05) is 19.3 Å². The number of rotatable bonds is 8. The summed E-state index contributed by atoms with van der Waals surface area (Å²) in [5.41, 5.74) is 0. The van der Waals surface area contributed by atoms with Gasteiger partial charge in [-0.05, 0) is 12.8 Å². The predicted molar refractivity (Wildman–Crippen MR) is 76.7 cm³/mol. The second-order valence-corrected chi connectivity index (χ2v) is 9.75. The lowest BCUT2D eigenvalue weighted by Gasteiger charge is -2.32. The third-order valence-corrected chi connectivity index (χ3v) is 7.23. The molecule has 0 aromatic carbocycles. The minimum atomic E-state index is -7.50. The Bertz CT molecular complexity index is 759.